The van der Waals surface area contributed by atoms with Crippen molar-refractivity contribution in [2.45, 2.75) is 12.8 Å². The zero-order chi connectivity index (χ0) is 6.15. The van der Waals surface area contributed by atoms with Crippen LogP contribution in [0.1, 0.15) is 12.8 Å². The third-order valence-corrected chi connectivity index (χ3v) is 1.78. The largest absolute Gasteiger partial charge is 0.274 e. The van der Waals surface area contributed by atoms with Gasteiger partial charge in [-0.15, -0.1) is 24.0 Å². The van der Waals surface area contributed by atoms with Gasteiger partial charge in [-0.2, -0.15) is 0 Å². The van der Waals surface area contributed by atoms with E-state index in [0.29, 0.717) is 12.8 Å². The maximum absolute atomic E-state index is 10.4. The minimum atomic E-state index is -0.144. The van der Waals surface area contributed by atoms with Crippen LogP contribution in [0.25, 0.3) is 0 Å². The first-order valence-electron chi connectivity index (χ1n) is 2.23. The summed E-state index contributed by atoms with van der Waals surface area (Å²) in [5, 5.41) is 0. The molecule has 0 aromatic heterocycles. The van der Waals surface area contributed by atoms with Crippen LogP contribution in [-0.2, 0) is 9.59 Å². The lowest BCUT2D eigenvalue weighted by Gasteiger charge is -1.97. The summed E-state index contributed by atoms with van der Waals surface area (Å²) in [6.45, 7) is 0. The molecule has 1 aliphatic rings. The lowest BCUT2D eigenvalue weighted by molar-refractivity contribution is -0.131. The topological polar surface area (TPSA) is 37.4 Å². The fourth-order valence-corrected chi connectivity index (χ4v) is 0.904. The predicted octanol–water partition coefficient (Wildman–Crippen LogP) is 1.06. The smallest absolute Gasteiger partial charge is 0.239 e. The van der Waals surface area contributed by atoms with Crippen LogP contribution < -0.4 is 0 Å². The second-order valence-corrected chi connectivity index (χ2v) is 2.28. The summed E-state index contributed by atoms with van der Waals surface area (Å²) >= 11 is 2.80. The van der Waals surface area contributed by atoms with Gasteiger partial charge in [-0.25, -0.2) is 3.93 Å². The van der Waals surface area contributed by atoms with Gasteiger partial charge in [0.2, 0.25) is 11.8 Å². The molecule has 1 fully saturated rings. The van der Waals surface area contributed by atoms with Crippen molar-refractivity contribution in [3.05, 3.63) is 0 Å². The fraction of sp³-hybridized carbons (Fsp3) is 0.500. The van der Waals surface area contributed by atoms with Gasteiger partial charge in [-0.1, -0.05) is 0 Å². The van der Waals surface area contributed by atoms with Gasteiger partial charge in [0.1, 0.15) is 0 Å². The SMILES string of the molecule is I.O=C1CCC(=O)N1Br. The molecule has 52 valence electrons. The van der Waals surface area contributed by atoms with Crippen molar-refractivity contribution in [1.82, 2.24) is 3.93 Å². The van der Waals surface area contributed by atoms with Gasteiger partial charge in [-0.05, 0) is 0 Å². The van der Waals surface area contributed by atoms with E-state index in [1.54, 1.807) is 0 Å². The number of hydrogen-bond acceptors (Lipinski definition) is 2. The molecule has 9 heavy (non-hydrogen) atoms. The van der Waals surface area contributed by atoms with Crippen LogP contribution in [0.2, 0.25) is 0 Å². The number of carbonyl (C=O) groups excluding carboxylic acids is 2. The van der Waals surface area contributed by atoms with E-state index in [-0.39, 0.29) is 35.8 Å². The summed E-state index contributed by atoms with van der Waals surface area (Å²) in [4.78, 5) is 20.9. The molecule has 0 saturated carbocycles. The van der Waals surface area contributed by atoms with Crippen molar-refractivity contribution < 1.29 is 9.59 Å². The molecule has 0 aliphatic carbocycles. The number of nitrogens with zero attached hydrogens (tertiary/aromatic N) is 1. The molecule has 1 saturated heterocycles. The molecule has 5 heteroatoms. The lowest BCUT2D eigenvalue weighted by atomic mass is 10.4. The molecule has 2 amide bonds. The molecule has 1 aliphatic heterocycles. The quantitative estimate of drug-likeness (QED) is 0.381. The minimum absolute atomic E-state index is 0. The average molecular weight is 306 g/mol. The Morgan fingerprint density at radius 1 is 1.22 bits per heavy atom. The Kier molecular flexibility index (Phi) is 3.64. The van der Waals surface area contributed by atoms with Crippen LogP contribution in [0, 0.1) is 0 Å². The molecule has 0 bridgehead atoms. The molecule has 0 N–H and O–H groups in total. The maximum Gasteiger partial charge on any atom is 0.239 e. The van der Waals surface area contributed by atoms with E-state index < -0.39 is 0 Å². The first kappa shape index (κ1) is 9.35. The second kappa shape index (κ2) is 3.50. The van der Waals surface area contributed by atoms with Gasteiger partial charge in [0.25, 0.3) is 0 Å². The highest BCUT2D eigenvalue weighted by Crippen LogP contribution is 2.14. The third-order valence-electron chi connectivity index (χ3n) is 0.991. The number of carbonyl (C=O) groups is 2. The third kappa shape index (κ3) is 1.89. The van der Waals surface area contributed by atoms with E-state index in [4.69, 9.17) is 0 Å². The van der Waals surface area contributed by atoms with Crippen molar-refractivity contribution in [3.63, 3.8) is 0 Å². The molecule has 0 atom stereocenters. The van der Waals surface area contributed by atoms with E-state index in [1.807, 2.05) is 0 Å². The highest BCUT2D eigenvalue weighted by atomic mass is 127. The number of hydrogen-bond donors (Lipinski definition) is 0. The molecule has 0 spiro atoms. The number of rotatable bonds is 0. The first-order chi connectivity index (χ1) is 3.72. The van der Waals surface area contributed by atoms with Crippen LogP contribution in [0.3, 0.4) is 0 Å². The summed E-state index contributed by atoms with van der Waals surface area (Å²) in [6, 6.07) is 0. The molecule has 1 heterocycles. The van der Waals surface area contributed by atoms with Crippen molar-refractivity contribution in [3.8, 4) is 0 Å². The van der Waals surface area contributed by atoms with Gasteiger partial charge < -0.3 is 0 Å². The Balaban J connectivity index is 0.000000640. The van der Waals surface area contributed by atoms with E-state index in [0.717, 1.165) is 3.93 Å². The maximum atomic E-state index is 10.4. The van der Waals surface area contributed by atoms with E-state index >= 15 is 0 Å². The van der Waals surface area contributed by atoms with Crippen LogP contribution in [0.5, 0.6) is 0 Å². The van der Waals surface area contributed by atoms with Crippen LogP contribution in [0.4, 0.5) is 0 Å². The van der Waals surface area contributed by atoms with Gasteiger partial charge >= 0.3 is 0 Å². The van der Waals surface area contributed by atoms with Gasteiger partial charge in [0.15, 0.2) is 0 Å². The molecule has 0 aromatic rings. The van der Waals surface area contributed by atoms with Crippen molar-refractivity contribution in [2.24, 2.45) is 0 Å². The van der Waals surface area contributed by atoms with Gasteiger partial charge in [0.05, 0.1) is 16.1 Å². The molecule has 0 unspecified atom stereocenters. The predicted molar refractivity (Wildman–Crippen MR) is 45.4 cm³/mol. The molecular formula is C4H5BrINO2. The summed E-state index contributed by atoms with van der Waals surface area (Å²) < 4.78 is 0.979. The van der Waals surface area contributed by atoms with Crippen LogP contribution in [0.15, 0.2) is 0 Å². The van der Waals surface area contributed by atoms with Crippen molar-refractivity contribution in [1.29, 1.82) is 0 Å². The fourth-order valence-electron chi connectivity index (χ4n) is 0.549. The van der Waals surface area contributed by atoms with E-state index in [1.165, 1.54) is 0 Å². The van der Waals surface area contributed by atoms with E-state index in [2.05, 4.69) is 16.1 Å². The Hall–Kier alpha value is 0.350. The standard InChI is InChI=1S/C4H4BrNO2.HI/c5-6-3(7)1-2-4(6)8;/h1-2H2;1H. The molecular weight excluding hydrogens is 301 g/mol. The van der Waals surface area contributed by atoms with Gasteiger partial charge in [0, 0.05) is 12.8 Å². The molecule has 0 aromatic carbocycles. The Morgan fingerprint density at radius 3 is 1.67 bits per heavy atom. The normalized spacial score (nSPS) is 18.1. The molecule has 3 nitrogen and oxygen atoms in total. The summed E-state index contributed by atoms with van der Waals surface area (Å²) in [6.07, 6.45) is 0.703. The Labute approximate surface area is 78.1 Å². The number of imide groups is 1. The van der Waals surface area contributed by atoms with Crippen molar-refractivity contribution in [2.75, 3.05) is 0 Å². The number of halogens is 2. The highest BCUT2D eigenvalue weighted by molar-refractivity contribution is 14.0. The van der Waals surface area contributed by atoms with E-state index in [9.17, 15) is 9.59 Å². The van der Waals surface area contributed by atoms with Crippen LogP contribution in [-0.4, -0.2) is 15.7 Å². The van der Waals surface area contributed by atoms with Crippen molar-refractivity contribution >= 4 is 51.9 Å². The Morgan fingerprint density at radius 2 is 1.56 bits per heavy atom. The highest BCUT2D eigenvalue weighted by Gasteiger charge is 2.26. The number of amides is 2. The summed E-state index contributed by atoms with van der Waals surface area (Å²) in [7, 11) is 0. The summed E-state index contributed by atoms with van der Waals surface area (Å²) in [5.74, 6) is -0.287. The molecule has 0 radical (unpaired) electrons. The average Bonchev–Trinajstić information content (AvgIpc) is 1.98. The zero-order valence-corrected chi connectivity index (χ0v) is 8.38. The monoisotopic (exact) mass is 305 g/mol. The van der Waals surface area contributed by atoms with Crippen LogP contribution >= 0.6 is 40.1 Å². The molecule has 1 rings (SSSR count). The zero-order valence-electron chi connectivity index (χ0n) is 4.46. The summed E-state index contributed by atoms with van der Waals surface area (Å²) in [5.41, 5.74) is 0. The second-order valence-electron chi connectivity index (χ2n) is 1.57. The first-order valence-corrected chi connectivity index (χ1v) is 2.94. The lowest BCUT2D eigenvalue weighted by Crippen LogP contribution is -2.16. The van der Waals surface area contributed by atoms with Gasteiger partial charge in [-0.3, -0.25) is 9.59 Å². The Bertz CT molecular complexity index is 134. The minimum Gasteiger partial charge on any atom is -0.274 e.